The van der Waals surface area contributed by atoms with Crippen molar-refractivity contribution in [3.8, 4) is 0 Å². The Bertz CT molecular complexity index is 279. The van der Waals surface area contributed by atoms with Gasteiger partial charge in [0.05, 0.1) is 0 Å². The van der Waals surface area contributed by atoms with Crippen molar-refractivity contribution in [2.75, 3.05) is 0 Å². The summed E-state index contributed by atoms with van der Waals surface area (Å²) in [6, 6.07) is 0. The molecule has 0 aliphatic carbocycles. The summed E-state index contributed by atoms with van der Waals surface area (Å²) in [5.41, 5.74) is 0. The predicted octanol–water partition coefficient (Wildman–Crippen LogP) is 0.624. The molecule has 0 heterocycles. The van der Waals surface area contributed by atoms with E-state index >= 15 is 0 Å². The van der Waals surface area contributed by atoms with E-state index in [1.807, 2.05) is 0 Å². The van der Waals surface area contributed by atoms with Crippen LogP contribution < -0.4 is 0 Å². The molecule has 1 atom stereocenters. The second kappa shape index (κ2) is 2.64. The van der Waals surface area contributed by atoms with Crippen molar-refractivity contribution >= 4 is 16.5 Å². The van der Waals surface area contributed by atoms with Crippen LogP contribution in [0.1, 0.15) is 0 Å². The highest BCUT2D eigenvalue weighted by Crippen LogP contribution is 2.37. The van der Waals surface area contributed by atoms with Gasteiger partial charge in [-0.25, -0.2) is 4.39 Å². The summed E-state index contributed by atoms with van der Waals surface area (Å²) in [5, 5.41) is -5.58. The van der Waals surface area contributed by atoms with Gasteiger partial charge in [-0.3, -0.25) is 4.79 Å². The van der Waals surface area contributed by atoms with Crippen LogP contribution in [-0.2, 0) is 15.0 Å². The van der Waals surface area contributed by atoms with Crippen LogP contribution in [0.3, 0.4) is 0 Å². The van der Waals surface area contributed by atoms with Gasteiger partial charge in [-0.1, -0.05) is 0 Å². The molecule has 1 radical (unpaired) electrons. The number of rotatable bonds is 2. The van der Waals surface area contributed by atoms with Gasteiger partial charge in [0.1, 0.15) is 0 Å². The maximum atomic E-state index is 12.0. The van der Waals surface area contributed by atoms with Gasteiger partial charge in [-0.05, 0) is 0 Å². The Kier molecular flexibility index (Phi) is 2.48. The van der Waals surface area contributed by atoms with Crippen LogP contribution in [0.4, 0.5) is 21.4 Å². The first-order chi connectivity index (χ1) is 5.06. The molecule has 0 saturated carbocycles. The molecular formula is C3F5O3S. The zero-order valence-electron chi connectivity index (χ0n) is 5.02. The average molecular weight is 211 g/mol. The maximum Gasteiger partial charge on any atom is 0.448 e. The van der Waals surface area contributed by atoms with Crippen molar-refractivity contribution in [1.82, 2.24) is 0 Å². The highest BCUT2D eigenvalue weighted by atomic mass is 32.3. The molecule has 0 aliphatic heterocycles. The summed E-state index contributed by atoms with van der Waals surface area (Å²) >= 11 is 0. The lowest BCUT2D eigenvalue weighted by atomic mass is 10.4. The van der Waals surface area contributed by atoms with E-state index < -0.39 is 27.7 Å². The standard InChI is InChI=1S/C3F5O3S/c4-2(1-9,3(5,6)7)12(8,10)11. The van der Waals surface area contributed by atoms with Crippen molar-refractivity contribution < 1.29 is 34.7 Å². The normalized spacial score (nSPS) is 18.4. The van der Waals surface area contributed by atoms with Crippen molar-refractivity contribution in [2.24, 2.45) is 0 Å². The molecule has 0 saturated heterocycles. The lowest BCUT2D eigenvalue weighted by Gasteiger charge is -2.15. The number of alkyl halides is 4. The molecular weight excluding hydrogens is 211 g/mol. The summed E-state index contributed by atoms with van der Waals surface area (Å²) in [4.78, 5) is 9.28. The van der Waals surface area contributed by atoms with Crippen LogP contribution in [0.5, 0.6) is 0 Å². The summed E-state index contributed by atoms with van der Waals surface area (Å²) in [6.07, 6.45) is -6.71. The summed E-state index contributed by atoms with van der Waals surface area (Å²) in [6.45, 7) is 0. The fraction of sp³-hybridized carbons (Fsp3) is 0.667. The fourth-order valence-electron chi connectivity index (χ4n) is 0.246. The van der Waals surface area contributed by atoms with E-state index in [1.54, 1.807) is 0 Å². The largest absolute Gasteiger partial charge is 0.448 e. The second-order valence-corrected chi connectivity index (χ2v) is 3.07. The average Bonchev–Trinajstić information content (AvgIpc) is 1.81. The molecule has 0 aromatic heterocycles. The molecule has 9 heteroatoms. The Hall–Kier alpha value is -0.730. The zero-order chi connectivity index (χ0) is 10.2. The monoisotopic (exact) mass is 211 g/mol. The lowest BCUT2D eigenvalue weighted by Crippen LogP contribution is -2.47. The Balaban J connectivity index is 5.40. The number of hydrogen-bond acceptors (Lipinski definition) is 3. The van der Waals surface area contributed by atoms with Crippen LogP contribution in [0.25, 0.3) is 0 Å². The second-order valence-electron chi connectivity index (χ2n) is 1.63. The van der Waals surface area contributed by atoms with Crippen LogP contribution >= 0.6 is 0 Å². The molecule has 1 unspecified atom stereocenters. The van der Waals surface area contributed by atoms with E-state index in [0.717, 1.165) is 0 Å². The number of hydrogen-bond donors (Lipinski definition) is 0. The van der Waals surface area contributed by atoms with Gasteiger partial charge in [-0.15, -0.1) is 3.89 Å². The van der Waals surface area contributed by atoms with Crippen molar-refractivity contribution in [2.45, 2.75) is 11.2 Å². The quantitative estimate of drug-likeness (QED) is 0.497. The molecule has 0 rings (SSSR count). The molecule has 12 heavy (non-hydrogen) atoms. The molecule has 0 N–H and O–H groups in total. The van der Waals surface area contributed by atoms with Crippen LogP contribution in [0.15, 0.2) is 0 Å². The van der Waals surface area contributed by atoms with Gasteiger partial charge >= 0.3 is 21.4 Å². The third kappa shape index (κ3) is 1.54. The number of carbonyl (C=O) groups excluding carboxylic acids is 1. The summed E-state index contributed by atoms with van der Waals surface area (Å²) < 4.78 is 76.6. The van der Waals surface area contributed by atoms with Gasteiger partial charge in [0.15, 0.2) is 0 Å². The van der Waals surface area contributed by atoms with Crippen molar-refractivity contribution in [1.29, 1.82) is 0 Å². The van der Waals surface area contributed by atoms with Gasteiger partial charge < -0.3 is 0 Å². The van der Waals surface area contributed by atoms with Crippen molar-refractivity contribution in [3.05, 3.63) is 0 Å². The van der Waals surface area contributed by atoms with Gasteiger partial charge in [0.2, 0.25) is 0 Å². The van der Waals surface area contributed by atoms with E-state index in [1.165, 1.54) is 0 Å². The van der Waals surface area contributed by atoms with E-state index in [4.69, 9.17) is 0 Å². The Morgan fingerprint density at radius 2 is 1.42 bits per heavy atom. The third-order valence-corrected chi connectivity index (χ3v) is 1.82. The summed E-state index contributed by atoms with van der Waals surface area (Å²) in [7, 11) is -6.69. The SMILES string of the molecule is O=[C]C(F)(C(F)(F)F)S(=O)(=O)F. The minimum absolute atomic E-state index is 0.546. The molecule has 3 nitrogen and oxygen atoms in total. The van der Waals surface area contributed by atoms with Gasteiger partial charge in [-0.2, -0.15) is 21.6 Å². The lowest BCUT2D eigenvalue weighted by molar-refractivity contribution is -0.176. The topological polar surface area (TPSA) is 51.2 Å². The van der Waals surface area contributed by atoms with E-state index in [0.29, 0.717) is 0 Å². The smallest absolute Gasteiger partial charge is 0.285 e. The first kappa shape index (κ1) is 11.3. The van der Waals surface area contributed by atoms with Gasteiger partial charge in [0.25, 0.3) is 6.29 Å². The Labute approximate surface area is 63.4 Å². The molecule has 0 bridgehead atoms. The summed E-state index contributed by atoms with van der Waals surface area (Å²) in [5.74, 6) is 0. The van der Waals surface area contributed by atoms with Gasteiger partial charge in [0, 0.05) is 0 Å². The molecule has 71 valence electrons. The zero-order valence-corrected chi connectivity index (χ0v) is 5.84. The van der Waals surface area contributed by atoms with E-state index in [-0.39, 0.29) is 0 Å². The predicted molar refractivity (Wildman–Crippen MR) is 25.6 cm³/mol. The third-order valence-electron chi connectivity index (χ3n) is 0.832. The molecule has 0 amide bonds. The first-order valence-electron chi connectivity index (χ1n) is 2.15. The minimum Gasteiger partial charge on any atom is -0.285 e. The maximum absolute atomic E-state index is 12.0. The molecule has 0 aromatic carbocycles. The Morgan fingerprint density at radius 3 is 1.42 bits per heavy atom. The van der Waals surface area contributed by atoms with Crippen LogP contribution in [-0.4, -0.2) is 25.9 Å². The van der Waals surface area contributed by atoms with Crippen LogP contribution in [0.2, 0.25) is 0 Å². The van der Waals surface area contributed by atoms with E-state index in [2.05, 4.69) is 0 Å². The first-order valence-corrected chi connectivity index (χ1v) is 3.54. The molecule has 0 fully saturated rings. The van der Waals surface area contributed by atoms with Crippen LogP contribution in [0, 0.1) is 0 Å². The molecule has 0 aromatic rings. The minimum atomic E-state index is -6.69. The van der Waals surface area contributed by atoms with Crippen molar-refractivity contribution in [3.63, 3.8) is 0 Å². The number of halogens is 5. The van der Waals surface area contributed by atoms with E-state index in [9.17, 15) is 34.7 Å². The fourth-order valence-corrected chi connectivity index (χ4v) is 0.622. The highest BCUT2D eigenvalue weighted by molar-refractivity contribution is 7.88. The molecule has 0 spiro atoms. The molecule has 0 aliphatic rings. The Morgan fingerprint density at radius 1 is 1.08 bits per heavy atom. The highest BCUT2D eigenvalue weighted by Gasteiger charge is 2.68.